The highest BCUT2D eigenvalue weighted by molar-refractivity contribution is 6.08. The molecule has 2 aromatic rings. The lowest BCUT2D eigenvalue weighted by molar-refractivity contribution is 0.133. The van der Waals surface area contributed by atoms with Crippen molar-refractivity contribution in [3.63, 3.8) is 0 Å². The molecule has 5 N–H and O–H groups in total. The van der Waals surface area contributed by atoms with Gasteiger partial charge in [0.25, 0.3) is 0 Å². The molecule has 144 valence electrons. The average molecular weight is 377 g/mol. The summed E-state index contributed by atoms with van der Waals surface area (Å²) < 4.78 is 5.63. The van der Waals surface area contributed by atoms with Gasteiger partial charge in [-0.05, 0) is 24.1 Å². The summed E-state index contributed by atoms with van der Waals surface area (Å²) in [6.07, 6.45) is 3.90. The Morgan fingerprint density at radius 1 is 1.21 bits per heavy atom. The van der Waals surface area contributed by atoms with Gasteiger partial charge in [0.2, 0.25) is 5.95 Å². The van der Waals surface area contributed by atoms with E-state index in [4.69, 9.17) is 25.8 Å². The minimum atomic E-state index is 0.480. The lowest BCUT2D eigenvalue weighted by Crippen LogP contribution is -2.68. The minimum Gasteiger partial charge on any atom is -0.404 e. The highest BCUT2D eigenvalue weighted by Crippen LogP contribution is 2.36. The fourth-order valence-corrected chi connectivity index (χ4v) is 4.18. The van der Waals surface area contributed by atoms with Crippen LogP contribution in [-0.2, 0) is 18.0 Å². The molecular formula is C20H23N7O. The highest BCUT2D eigenvalue weighted by atomic mass is 16.5. The van der Waals surface area contributed by atoms with Gasteiger partial charge in [-0.1, -0.05) is 12.1 Å². The lowest BCUT2D eigenvalue weighted by atomic mass is 9.89. The van der Waals surface area contributed by atoms with E-state index in [1.165, 1.54) is 18.8 Å². The molecule has 8 heteroatoms. The van der Waals surface area contributed by atoms with Crippen LogP contribution >= 0.6 is 0 Å². The number of nitrogens with two attached hydrogens (primary N) is 1. The number of anilines is 3. The molecule has 5 rings (SSSR count). The number of allylic oxidation sites excluding steroid dienone is 1. The summed E-state index contributed by atoms with van der Waals surface area (Å²) in [5, 5.41) is 14.3. The van der Waals surface area contributed by atoms with Crippen molar-refractivity contribution < 1.29 is 4.74 Å². The van der Waals surface area contributed by atoms with Gasteiger partial charge < -0.3 is 31.4 Å². The van der Waals surface area contributed by atoms with Gasteiger partial charge in [0.05, 0.1) is 18.9 Å². The van der Waals surface area contributed by atoms with Crippen LogP contribution in [0.4, 0.5) is 17.5 Å². The smallest absolute Gasteiger partial charge is 0.228 e. The summed E-state index contributed by atoms with van der Waals surface area (Å²) in [5.74, 6) is 1.60. The maximum Gasteiger partial charge on any atom is 0.228 e. The third-order valence-electron chi connectivity index (χ3n) is 5.70. The molecule has 0 amide bonds. The number of nitrogens with zero attached hydrogens (tertiary/aromatic N) is 3. The van der Waals surface area contributed by atoms with Crippen molar-refractivity contribution in [3.8, 4) is 0 Å². The molecule has 2 saturated heterocycles. The van der Waals surface area contributed by atoms with Gasteiger partial charge in [-0.2, -0.15) is 4.98 Å². The molecule has 2 atom stereocenters. The van der Waals surface area contributed by atoms with Crippen LogP contribution in [0.3, 0.4) is 0 Å². The highest BCUT2D eigenvalue weighted by Gasteiger charge is 2.43. The molecule has 3 aliphatic heterocycles. The maximum absolute atomic E-state index is 7.43. The number of rotatable bonds is 5. The van der Waals surface area contributed by atoms with Crippen LogP contribution in [0.1, 0.15) is 23.2 Å². The summed E-state index contributed by atoms with van der Waals surface area (Å²) >= 11 is 0. The molecule has 2 unspecified atom stereocenters. The molecule has 2 bridgehead atoms. The van der Waals surface area contributed by atoms with Crippen LogP contribution in [-0.4, -0.2) is 41.4 Å². The average Bonchev–Trinajstić information content (AvgIpc) is 3.20. The zero-order chi connectivity index (χ0) is 19.1. The number of piperazine rings is 1. The Morgan fingerprint density at radius 2 is 2.00 bits per heavy atom. The van der Waals surface area contributed by atoms with Crippen molar-refractivity contribution in [2.45, 2.75) is 31.7 Å². The molecule has 4 heterocycles. The van der Waals surface area contributed by atoms with Crippen molar-refractivity contribution in [1.82, 2.24) is 15.3 Å². The standard InChI is InChI=1S/C20H23N7O/c21-6-13(7-22)12-1-3-14(4-2-12)24-19-17-10-28-11-18(17)25-20(26-19)27-15-5-16(27)9-23-8-15/h1-4,6-7,15-16,21,23H,5,8-11,22H2,(H,24,25,26). The summed E-state index contributed by atoms with van der Waals surface area (Å²) in [4.78, 5) is 12.0. The molecular weight excluding hydrogens is 354 g/mol. The van der Waals surface area contributed by atoms with Crippen molar-refractivity contribution in [3.05, 3.63) is 47.3 Å². The third kappa shape index (κ3) is 2.81. The SMILES string of the molecule is N=CC(=CN)c1ccc(Nc2nc(N3C4CNCC3C4)nc3c2COC3)cc1. The van der Waals surface area contributed by atoms with Gasteiger partial charge in [0.1, 0.15) is 5.82 Å². The number of piperidine rings is 1. The number of nitrogens with one attached hydrogen (secondary N) is 3. The van der Waals surface area contributed by atoms with Crippen molar-refractivity contribution >= 4 is 29.2 Å². The van der Waals surface area contributed by atoms with Crippen molar-refractivity contribution in [1.29, 1.82) is 5.41 Å². The Hall–Kier alpha value is -2.97. The van der Waals surface area contributed by atoms with Gasteiger partial charge >= 0.3 is 0 Å². The number of benzene rings is 1. The molecule has 1 aromatic carbocycles. The second kappa shape index (κ2) is 6.88. The lowest BCUT2D eigenvalue weighted by Gasteiger charge is -2.53. The molecule has 8 nitrogen and oxygen atoms in total. The Morgan fingerprint density at radius 3 is 2.68 bits per heavy atom. The second-order valence-corrected chi connectivity index (χ2v) is 7.37. The second-order valence-electron chi connectivity index (χ2n) is 7.37. The molecule has 0 saturated carbocycles. The van der Waals surface area contributed by atoms with E-state index >= 15 is 0 Å². The van der Waals surface area contributed by atoms with Gasteiger partial charge in [0, 0.05) is 54.4 Å². The minimum absolute atomic E-state index is 0.480. The van der Waals surface area contributed by atoms with E-state index in [9.17, 15) is 0 Å². The molecule has 0 aliphatic carbocycles. The van der Waals surface area contributed by atoms with Crippen LogP contribution in [0.5, 0.6) is 0 Å². The first kappa shape index (κ1) is 17.2. The number of aromatic nitrogens is 2. The first-order valence-electron chi connectivity index (χ1n) is 9.53. The van der Waals surface area contributed by atoms with E-state index in [2.05, 4.69) is 15.5 Å². The molecule has 2 fully saturated rings. The molecule has 3 aliphatic rings. The van der Waals surface area contributed by atoms with Crippen molar-refractivity contribution in [2.75, 3.05) is 23.3 Å². The van der Waals surface area contributed by atoms with Gasteiger partial charge in [-0.3, -0.25) is 0 Å². The topological polar surface area (TPSA) is 112 Å². The van der Waals surface area contributed by atoms with E-state index in [0.29, 0.717) is 30.9 Å². The molecule has 28 heavy (non-hydrogen) atoms. The van der Waals surface area contributed by atoms with E-state index < -0.39 is 0 Å². The monoisotopic (exact) mass is 377 g/mol. The van der Waals surface area contributed by atoms with Crippen molar-refractivity contribution in [2.24, 2.45) is 5.73 Å². The Balaban J connectivity index is 1.44. The van der Waals surface area contributed by atoms with E-state index in [0.717, 1.165) is 47.4 Å². The Kier molecular flexibility index (Phi) is 4.22. The zero-order valence-corrected chi connectivity index (χ0v) is 15.5. The first-order valence-corrected chi connectivity index (χ1v) is 9.53. The maximum atomic E-state index is 7.43. The van der Waals surface area contributed by atoms with Crippen LogP contribution < -0.4 is 21.3 Å². The number of ether oxygens (including phenoxy) is 1. The quantitative estimate of drug-likeness (QED) is 0.587. The zero-order valence-electron chi connectivity index (χ0n) is 15.5. The van der Waals surface area contributed by atoms with Gasteiger partial charge in [-0.25, -0.2) is 4.98 Å². The third-order valence-corrected chi connectivity index (χ3v) is 5.70. The van der Waals surface area contributed by atoms with Gasteiger partial charge in [0.15, 0.2) is 0 Å². The largest absolute Gasteiger partial charge is 0.404 e. The number of fused-ring (bicyclic) bond motifs is 3. The fourth-order valence-electron chi connectivity index (χ4n) is 4.18. The number of hydrogen-bond acceptors (Lipinski definition) is 8. The molecule has 0 radical (unpaired) electrons. The van der Waals surface area contributed by atoms with E-state index in [1.807, 2.05) is 24.3 Å². The first-order chi connectivity index (χ1) is 13.8. The number of hydrogen-bond donors (Lipinski definition) is 4. The van der Waals surface area contributed by atoms with Crippen LogP contribution in [0.25, 0.3) is 5.57 Å². The normalized spacial score (nSPS) is 23.1. The Bertz CT molecular complexity index is 926. The van der Waals surface area contributed by atoms with Crippen LogP contribution in [0, 0.1) is 5.41 Å². The molecule has 0 spiro atoms. The summed E-state index contributed by atoms with van der Waals surface area (Å²) in [6, 6.07) is 8.78. The van der Waals surface area contributed by atoms with Crippen LogP contribution in [0.2, 0.25) is 0 Å². The van der Waals surface area contributed by atoms with E-state index in [1.54, 1.807) is 0 Å². The fraction of sp³-hybridized carbons (Fsp3) is 0.350. The van der Waals surface area contributed by atoms with E-state index in [-0.39, 0.29) is 0 Å². The van der Waals surface area contributed by atoms with Crippen LogP contribution in [0.15, 0.2) is 30.5 Å². The summed E-state index contributed by atoms with van der Waals surface area (Å²) in [6.45, 7) is 3.03. The molecule has 1 aromatic heterocycles. The predicted octanol–water partition coefficient (Wildman–Crippen LogP) is 1.75. The summed E-state index contributed by atoms with van der Waals surface area (Å²) in [5.41, 5.74) is 10.1. The summed E-state index contributed by atoms with van der Waals surface area (Å²) in [7, 11) is 0. The predicted molar refractivity (Wildman–Crippen MR) is 109 cm³/mol. The van der Waals surface area contributed by atoms with Gasteiger partial charge in [-0.15, -0.1) is 0 Å². The Labute approximate surface area is 163 Å².